The highest BCUT2D eigenvalue weighted by molar-refractivity contribution is 6.36. The van der Waals surface area contributed by atoms with Crippen LogP contribution in [0, 0.1) is 0 Å². The summed E-state index contributed by atoms with van der Waals surface area (Å²) in [5, 5.41) is 9.43. The highest BCUT2D eigenvalue weighted by Crippen LogP contribution is 2.47. The third-order valence-electron chi connectivity index (χ3n) is 4.81. The van der Waals surface area contributed by atoms with Gasteiger partial charge in [0.1, 0.15) is 10.8 Å². The van der Waals surface area contributed by atoms with Crippen molar-refractivity contribution in [3.05, 3.63) is 34.5 Å². The van der Waals surface area contributed by atoms with Gasteiger partial charge in [-0.2, -0.15) is 18.3 Å². The molecule has 11 heteroatoms. The largest absolute Gasteiger partial charge is 0.493 e. The Morgan fingerprint density at radius 3 is 2.42 bits per heavy atom. The molecule has 0 saturated carbocycles. The zero-order valence-electron chi connectivity index (χ0n) is 17.7. The van der Waals surface area contributed by atoms with Gasteiger partial charge in [0, 0.05) is 12.0 Å². The van der Waals surface area contributed by atoms with Gasteiger partial charge in [0.05, 0.1) is 20.3 Å². The number of aromatic nitrogens is 2. The van der Waals surface area contributed by atoms with Gasteiger partial charge in [0.2, 0.25) is 0 Å². The number of hydrogen-bond acceptors (Lipinski definition) is 5. The Kier molecular flexibility index (Phi) is 6.05. The lowest BCUT2D eigenvalue weighted by Crippen LogP contribution is -2.41. The quantitative estimate of drug-likeness (QED) is 0.689. The molecule has 0 fully saturated rings. The van der Waals surface area contributed by atoms with Crippen molar-refractivity contribution in [1.29, 1.82) is 0 Å². The summed E-state index contributed by atoms with van der Waals surface area (Å²) in [5.41, 5.74) is -0.318. The van der Waals surface area contributed by atoms with Gasteiger partial charge in [0.25, 0.3) is 5.91 Å². The Morgan fingerprint density at radius 1 is 1.23 bits per heavy atom. The van der Waals surface area contributed by atoms with E-state index in [0.717, 1.165) is 4.68 Å². The Labute approximate surface area is 182 Å². The van der Waals surface area contributed by atoms with E-state index in [2.05, 4.69) is 15.7 Å². The fraction of sp³-hybridized carbons (Fsp3) is 0.500. The number of amides is 1. The first-order chi connectivity index (χ1) is 14.4. The Morgan fingerprint density at radius 2 is 1.87 bits per heavy atom. The van der Waals surface area contributed by atoms with E-state index in [-0.39, 0.29) is 23.0 Å². The number of alkyl halides is 3. The average molecular weight is 461 g/mol. The summed E-state index contributed by atoms with van der Waals surface area (Å²) in [5.74, 6) is 0.137. The second kappa shape index (κ2) is 8.14. The number of nitrogens with one attached hydrogen (secondary N) is 2. The molecule has 1 aromatic carbocycles. The number of carbonyl (C=O) groups is 1. The maximum atomic E-state index is 13.9. The lowest BCUT2D eigenvalue weighted by molar-refractivity contribution is -0.173. The van der Waals surface area contributed by atoms with Crippen LogP contribution in [0.15, 0.2) is 18.2 Å². The molecule has 0 unspecified atom stereocenters. The SMILES string of the molecule is COc1ccc([C@@H]2C[C@H](C(F)(F)F)n3nc(C(=O)NC(C)(C)C)c(Cl)c3N2)cc1OC. The van der Waals surface area contributed by atoms with Gasteiger partial charge in [0.15, 0.2) is 23.2 Å². The molecule has 170 valence electrons. The molecule has 2 N–H and O–H groups in total. The van der Waals surface area contributed by atoms with Gasteiger partial charge >= 0.3 is 6.18 Å². The number of carbonyl (C=O) groups excluding carboxylic acids is 1. The molecular formula is C20H24ClF3N4O3. The number of anilines is 1. The minimum absolute atomic E-state index is 0.0610. The van der Waals surface area contributed by atoms with Crippen LogP contribution >= 0.6 is 11.6 Å². The van der Waals surface area contributed by atoms with Gasteiger partial charge in [-0.25, -0.2) is 4.68 Å². The monoisotopic (exact) mass is 460 g/mol. The summed E-state index contributed by atoms with van der Waals surface area (Å²) in [4.78, 5) is 12.6. The molecule has 3 rings (SSSR count). The van der Waals surface area contributed by atoms with Crippen LogP contribution in [0.4, 0.5) is 19.0 Å². The molecular weight excluding hydrogens is 437 g/mol. The standard InChI is InChI=1S/C20H24ClF3N4O3/c1-19(2,3)26-18(29)16-15(21)17-25-11(9-14(20(22,23)24)28(17)27-16)10-6-7-12(30-4)13(8-10)31-5/h6-8,11,14,25H,9H2,1-5H3,(H,26,29)/t11-,14+/m0/s1. The minimum Gasteiger partial charge on any atom is -0.493 e. The maximum Gasteiger partial charge on any atom is 0.410 e. The number of rotatable bonds is 4. The van der Waals surface area contributed by atoms with Crippen LogP contribution in [-0.4, -0.2) is 41.6 Å². The first-order valence-electron chi connectivity index (χ1n) is 9.51. The lowest BCUT2D eigenvalue weighted by atomic mass is 9.96. The zero-order chi connectivity index (χ0) is 23.1. The summed E-state index contributed by atoms with van der Waals surface area (Å²) >= 11 is 6.32. The first kappa shape index (κ1) is 23.1. The fourth-order valence-electron chi connectivity index (χ4n) is 3.42. The molecule has 0 radical (unpaired) electrons. The molecule has 1 aliphatic rings. The Bertz CT molecular complexity index is 985. The molecule has 0 aliphatic carbocycles. The van der Waals surface area contributed by atoms with Crippen molar-refractivity contribution in [2.45, 2.75) is 51.0 Å². The van der Waals surface area contributed by atoms with E-state index in [1.54, 1.807) is 39.0 Å². The number of methoxy groups -OCH3 is 2. The zero-order valence-corrected chi connectivity index (χ0v) is 18.5. The summed E-state index contributed by atoms with van der Waals surface area (Å²) in [7, 11) is 2.92. The minimum atomic E-state index is -4.60. The predicted octanol–water partition coefficient (Wildman–Crippen LogP) is 4.74. The number of nitrogens with zero attached hydrogens (tertiary/aromatic N) is 2. The molecule has 0 bridgehead atoms. The number of halogens is 4. The third-order valence-corrected chi connectivity index (χ3v) is 5.17. The maximum absolute atomic E-state index is 13.9. The van der Waals surface area contributed by atoms with Crippen LogP contribution in [0.5, 0.6) is 11.5 Å². The summed E-state index contributed by atoms with van der Waals surface area (Å²) in [6.45, 7) is 5.25. The van der Waals surface area contributed by atoms with E-state index >= 15 is 0 Å². The van der Waals surface area contributed by atoms with E-state index < -0.39 is 29.7 Å². The Balaban J connectivity index is 2.04. The van der Waals surface area contributed by atoms with E-state index in [1.807, 2.05) is 0 Å². The predicted molar refractivity (Wildman–Crippen MR) is 110 cm³/mol. The highest BCUT2D eigenvalue weighted by atomic mass is 35.5. The number of benzene rings is 1. The van der Waals surface area contributed by atoms with Crippen molar-refractivity contribution in [3.63, 3.8) is 0 Å². The lowest BCUT2D eigenvalue weighted by Gasteiger charge is -2.33. The van der Waals surface area contributed by atoms with Gasteiger partial charge in [-0.15, -0.1) is 0 Å². The van der Waals surface area contributed by atoms with Crippen LogP contribution in [-0.2, 0) is 0 Å². The second-order valence-electron chi connectivity index (χ2n) is 8.26. The molecule has 7 nitrogen and oxygen atoms in total. The van der Waals surface area contributed by atoms with Crippen molar-refractivity contribution in [2.24, 2.45) is 0 Å². The number of hydrogen-bond donors (Lipinski definition) is 2. The number of fused-ring (bicyclic) bond motifs is 1. The van der Waals surface area contributed by atoms with Gasteiger partial charge in [-0.3, -0.25) is 4.79 Å². The fourth-order valence-corrected chi connectivity index (χ4v) is 3.69. The molecule has 1 amide bonds. The Hall–Kier alpha value is -2.62. The van der Waals surface area contributed by atoms with Gasteiger partial charge < -0.3 is 20.1 Å². The molecule has 2 aromatic rings. The molecule has 2 atom stereocenters. The van der Waals surface area contributed by atoms with Crippen molar-refractivity contribution in [2.75, 3.05) is 19.5 Å². The molecule has 0 saturated heterocycles. The summed E-state index contributed by atoms with van der Waals surface area (Å²) < 4.78 is 52.9. The summed E-state index contributed by atoms with van der Waals surface area (Å²) in [6.07, 6.45) is -4.94. The average Bonchev–Trinajstić information content (AvgIpc) is 3.01. The topological polar surface area (TPSA) is 77.4 Å². The molecule has 31 heavy (non-hydrogen) atoms. The smallest absolute Gasteiger partial charge is 0.410 e. The van der Waals surface area contributed by atoms with Crippen LogP contribution < -0.4 is 20.1 Å². The van der Waals surface area contributed by atoms with Crippen molar-refractivity contribution in [1.82, 2.24) is 15.1 Å². The third kappa shape index (κ3) is 4.68. The van der Waals surface area contributed by atoms with Crippen molar-refractivity contribution in [3.8, 4) is 11.5 Å². The highest BCUT2D eigenvalue weighted by Gasteiger charge is 2.48. The molecule has 2 heterocycles. The van der Waals surface area contributed by atoms with Crippen molar-refractivity contribution >= 4 is 23.3 Å². The van der Waals surface area contributed by atoms with Crippen molar-refractivity contribution < 1.29 is 27.4 Å². The van der Waals surface area contributed by atoms with E-state index in [9.17, 15) is 18.0 Å². The summed E-state index contributed by atoms with van der Waals surface area (Å²) in [6, 6.07) is 2.17. The van der Waals surface area contributed by atoms with E-state index in [1.165, 1.54) is 14.2 Å². The van der Waals surface area contributed by atoms with Gasteiger partial charge in [-0.1, -0.05) is 17.7 Å². The van der Waals surface area contributed by atoms with E-state index in [0.29, 0.717) is 17.1 Å². The normalized spacial score (nSPS) is 18.7. The van der Waals surface area contributed by atoms with Crippen LogP contribution in [0.25, 0.3) is 0 Å². The second-order valence-corrected chi connectivity index (χ2v) is 8.64. The first-order valence-corrected chi connectivity index (χ1v) is 9.89. The van der Waals surface area contributed by atoms with E-state index in [4.69, 9.17) is 21.1 Å². The molecule has 1 aliphatic heterocycles. The van der Waals surface area contributed by atoms with Crippen LogP contribution in [0.1, 0.15) is 55.3 Å². The molecule has 0 spiro atoms. The van der Waals surface area contributed by atoms with Gasteiger partial charge in [-0.05, 0) is 38.5 Å². The molecule has 1 aromatic heterocycles. The van der Waals surface area contributed by atoms with Crippen LogP contribution in [0.2, 0.25) is 5.02 Å². The van der Waals surface area contributed by atoms with Crippen LogP contribution in [0.3, 0.4) is 0 Å². The number of ether oxygens (including phenoxy) is 2.